The third kappa shape index (κ3) is 11.4. The molecule has 0 unspecified atom stereocenters. The van der Waals surface area contributed by atoms with Gasteiger partial charge in [-0.05, 0) is 38.5 Å². The Balaban J connectivity index is 0.00000192. The lowest BCUT2D eigenvalue weighted by Gasteiger charge is -2.30. The van der Waals surface area contributed by atoms with Crippen LogP contribution >= 0.6 is 0 Å². The smallest absolute Gasteiger partial charge is 0.333 e. The van der Waals surface area contributed by atoms with Crippen molar-refractivity contribution in [1.29, 1.82) is 0 Å². The van der Waals surface area contributed by atoms with E-state index in [9.17, 15) is 14.4 Å². The van der Waals surface area contributed by atoms with Crippen LogP contribution in [0.4, 0.5) is 0 Å². The van der Waals surface area contributed by atoms with E-state index in [0.29, 0.717) is 12.2 Å². The van der Waals surface area contributed by atoms with Crippen molar-refractivity contribution in [3.8, 4) is 0 Å². The fourth-order valence-electron chi connectivity index (χ4n) is 3.28. The predicted molar refractivity (Wildman–Crippen MR) is 122 cm³/mol. The summed E-state index contributed by atoms with van der Waals surface area (Å²) in [7, 11) is 1.70. The number of nitrogens with one attached hydrogen (secondary N) is 1. The van der Waals surface area contributed by atoms with Crippen LogP contribution in [0.3, 0.4) is 0 Å². The van der Waals surface area contributed by atoms with Crippen LogP contribution in [0.1, 0.15) is 80.6 Å². The van der Waals surface area contributed by atoms with Gasteiger partial charge in [0.1, 0.15) is 0 Å². The fraction of sp³-hybridized carbons (Fsp3) is 0.792. The molecule has 1 aliphatic carbocycles. The van der Waals surface area contributed by atoms with E-state index >= 15 is 0 Å². The van der Waals surface area contributed by atoms with Gasteiger partial charge in [0.05, 0.1) is 19.2 Å². The van der Waals surface area contributed by atoms with Gasteiger partial charge in [-0.15, -0.1) is 0 Å². The van der Waals surface area contributed by atoms with Gasteiger partial charge in [0, 0.05) is 18.5 Å². The molecule has 2 amide bonds. The van der Waals surface area contributed by atoms with Gasteiger partial charge in [-0.2, -0.15) is 0 Å². The largest absolute Gasteiger partial charge is 0.463 e. The van der Waals surface area contributed by atoms with E-state index < -0.39 is 0 Å². The maximum Gasteiger partial charge on any atom is 0.333 e. The molecule has 0 heterocycles. The molecule has 0 aromatic heterocycles. The van der Waals surface area contributed by atoms with Crippen LogP contribution in [-0.2, 0) is 19.1 Å². The average Bonchev–Trinajstić information content (AvgIpc) is 2.69. The zero-order valence-corrected chi connectivity index (χ0v) is 20.4. The Hall–Kier alpha value is -1.85. The van der Waals surface area contributed by atoms with Gasteiger partial charge in [0.15, 0.2) is 0 Å². The highest BCUT2D eigenvalue weighted by molar-refractivity contribution is 5.88. The number of amides is 2. The Morgan fingerprint density at radius 3 is 2.07 bits per heavy atom. The van der Waals surface area contributed by atoms with Gasteiger partial charge < -0.3 is 15.0 Å². The second-order valence-electron chi connectivity index (χ2n) is 9.09. The van der Waals surface area contributed by atoms with Crippen LogP contribution in [0.25, 0.3) is 0 Å². The highest BCUT2D eigenvalue weighted by Gasteiger charge is 2.25. The standard InChI is InChI=1S/C20H34N2O4.C4H10/c1-6-26-20(25)15(4)12-17(14(2)3)22(5)18(23)13-21-19(24)16-10-8-7-9-11-16;1-4(2)3/h12,14,16-17H,6-11,13H2,1-5H3,(H,21,24);4H,1-3H3/b15-12+;/t17-;/m1./s1. The first-order valence-corrected chi connectivity index (χ1v) is 11.4. The van der Waals surface area contributed by atoms with Crippen molar-refractivity contribution in [2.45, 2.75) is 86.6 Å². The van der Waals surface area contributed by atoms with E-state index in [4.69, 9.17) is 4.74 Å². The summed E-state index contributed by atoms with van der Waals surface area (Å²) in [6.45, 7) is 14.2. The lowest BCUT2D eigenvalue weighted by atomic mass is 9.89. The highest BCUT2D eigenvalue weighted by atomic mass is 16.5. The molecule has 174 valence electrons. The zero-order valence-electron chi connectivity index (χ0n) is 20.4. The Morgan fingerprint density at radius 1 is 1.07 bits per heavy atom. The number of carbonyl (C=O) groups is 3. The number of likely N-dealkylation sites (N-methyl/N-ethyl adjacent to an activating group) is 1. The molecular formula is C24H44N2O4. The highest BCUT2D eigenvalue weighted by Crippen LogP contribution is 2.23. The van der Waals surface area contributed by atoms with Crippen molar-refractivity contribution in [1.82, 2.24) is 10.2 Å². The molecule has 0 spiro atoms. The molecule has 30 heavy (non-hydrogen) atoms. The number of rotatable bonds is 8. The van der Waals surface area contributed by atoms with Crippen molar-refractivity contribution >= 4 is 17.8 Å². The van der Waals surface area contributed by atoms with Crippen LogP contribution in [0.15, 0.2) is 11.6 Å². The van der Waals surface area contributed by atoms with Gasteiger partial charge in [-0.3, -0.25) is 9.59 Å². The monoisotopic (exact) mass is 424 g/mol. The summed E-state index contributed by atoms with van der Waals surface area (Å²) in [6.07, 6.45) is 6.94. The molecule has 6 heteroatoms. The zero-order chi connectivity index (χ0) is 23.3. The van der Waals surface area contributed by atoms with Gasteiger partial charge in [0.2, 0.25) is 11.8 Å². The molecule has 1 aliphatic rings. The lowest BCUT2D eigenvalue weighted by Crippen LogP contribution is -2.46. The number of hydrogen-bond donors (Lipinski definition) is 1. The molecular weight excluding hydrogens is 380 g/mol. The van der Waals surface area contributed by atoms with Crippen molar-refractivity contribution in [3.05, 3.63) is 11.6 Å². The summed E-state index contributed by atoms with van der Waals surface area (Å²) in [4.78, 5) is 38.2. The summed E-state index contributed by atoms with van der Waals surface area (Å²) in [5.74, 6) is 0.437. The first-order valence-electron chi connectivity index (χ1n) is 11.4. The third-order valence-corrected chi connectivity index (χ3v) is 4.93. The van der Waals surface area contributed by atoms with Crippen molar-refractivity contribution in [2.24, 2.45) is 17.8 Å². The third-order valence-electron chi connectivity index (χ3n) is 4.93. The predicted octanol–water partition coefficient (Wildman–Crippen LogP) is 4.34. The van der Waals surface area contributed by atoms with E-state index in [0.717, 1.165) is 31.6 Å². The van der Waals surface area contributed by atoms with E-state index in [1.807, 2.05) is 13.8 Å². The molecule has 1 rings (SSSR count). The van der Waals surface area contributed by atoms with Crippen molar-refractivity contribution in [2.75, 3.05) is 20.2 Å². The van der Waals surface area contributed by atoms with Crippen LogP contribution in [0.5, 0.6) is 0 Å². The molecule has 1 fully saturated rings. The van der Waals surface area contributed by atoms with E-state index in [2.05, 4.69) is 26.1 Å². The Bertz CT molecular complexity index is 561. The minimum absolute atomic E-state index is 0.0126. The molecule has 0 aromatic carbocycles. The lowest BCUT2D eigenvalue weighted by molar-refractivity contribution is -0.138. The van der Waals surface area contributed by atoms with Gasteiger partial charge in [-0.1, -0.05) is 60.0 Å². The summed E-state index contributed by atoms with van der Waals surface area (Å²) >= 11 is 0. The van der Waals surface area contributed by atoms with Gasteiger partial charge in [-0.25, -0.2) is 4.79 Å². The van der Waals surface area contributed by atoms with E-state index in [1.165, 1.54) is 6.42 Å². The molecule has 0 aliphatic heterocycles. The second kappa shape index (κ2) is 15.0. The Kier molecular flexibility index (Phi) is 14.1. The van der Waals surface area contributed by atoms with E-state index in [1.54, 1.807) is 31.9 Å². The number of hydrogen-bond acceptors (Lipinski definition) is 4. The SMILES string of the molecule is CC(C)C.CCOC(=O)/C(C)=C/[C@H](C(C)C)N(C)C(=O)CNC(=O)C1CCCCC1. The van der Waals surface area contributed by atoms with Crippen LogP contribution in [0.2, 0.25) is 0 Å². The Morgan fingerprint density at radius 2 is 1.60 bits per heavy atom. The molecule has 1 saturated carbocycles. The quantitative estimate of drug-likeness (QED) is 0.465. The van der Waals surface area contributed by atoms with Crippen molar-refractivity contribution in [3.63, 3.8) is 0 Å². The van der Waals surface area contributed by atoms with Crippen LogP contribution < -0.4 is 5.32 Å². The molecule has 0 saturated heterocycles. The average molecular weight is 425 g/mol. The van der Waals surface area contributed by atoms with Gasteiger partial charge >= 0.3 is 5.97 Å². The first-order chi connectivity index (χ1) is 14.0. The molecule has 0 aromatic rings. The summed E-state index contributed by atoms with van der Waals surface area (Å²) in [5.41, 5.74) is 0.483. The molecule has 1 N–H and O–H groups in total. The maximum atomic E-state index is 12.5. The second-order valence-corrected chi connectivity index (χ2v) is 9.09. The topological polar surface area (TPSA) is 75.7 Å². The normalized spacial score (nSPS) is 15.9. The number of nitrogens with zero attached hydrogens (tertiary/aromatic N) is 1. The van der Waals surface area contributed by atoms with Gasteiger partial charge in [0.25, 0.3) is 0 Å². The summed E-state index contributed by atoms with van der Waals surface area (Å²) < 4.78 is 5.00. The minimum atomic E-state index is -0.371. The number of ether oxygens (including phenoxy) is 1. The first kappa shape index (κ1) is 28.1. The maximum absolute atomic E-state index is 12.5. The fourth-order valence-corrected chi connectivity index (χ4v) is 3.28. The molecule has 0 radical (unpaired) electrons. The molecule has 6 nitrogen and oxygen atoms in total. The van der Waals surface area contributed by atoms with Crippen molar-refractivity contribution < 1.29 is 19.1 Å². The number of esters is 1. The molecule has 1 atom stereocenters. The summed E-state index contributed by atoms with van der Waals surface area (Å²) in [5, 5.41) is 2.78. The Labute approximate surface area is 183 Å². The summed E-state index contributed by atoms with van der Waals surface area (Å²) in [6, 6.07) is -0.238. The van der Waals surface area contributed by atoms with E-state index in [-0.39, 0.29) is 42.2 Å². The molecule has 0 bridgehead atoms. The minimum Gasteiger partial charge on any atom is -0.463 e. The number of carbonyl (C=O) groups excluding carboxylic acids is 3. The van der Waals surface area contributed by atoms with Crippen LogP contribution in [0, 0.1) is 17.8 Å². The van der Waals surface area contributed by atoms with Crippen LogP contribution in [-0.4, -0.2) is 48.9 Å².